The van der Waals surface area contributed by atoms with Crippen LogP contribution >= 0.6 is 0 Å². The van der Waals surface area contributed by atoms with Gasteiger partial charge >= 0.3 is 0 Å². The fraction of sp³-hybridized carbons (Fsp3) is 0.100. The van der Waals surface area contributed by atoms with Gasteiger partial charge < -0.3 is 10.4 Å². The van der Waals surface area contributed by atoms with E-state index >= 15 is 0 Å². The number of hydrogen-bond acceptors (Lipinski definition) is 4. The summed E-state index contributed by atoms with van der Waals surface area (Å²) >= 11 is 0. The summed E-state index contributed by atoms with van der Waals surface area (Å²) in [7, 11) is 0. The van der Waals surface area contributed by atoms with Gasteiger partial charge in [-0.15, -0.1) is 0 Å². The molecule has 0 fully saturated rings. The van der Waals surface area contributed by atoms with Gasteiger partial charge in [0, 0.05) is 0 Å². The molecule has 24 heavy (non-hydrogen) atoms. The Kier molecular flexibility index (Phi) is 4.40. The standard InChI is InChI=1S/C20H17NO3/c1-13(22)21-18-17(19(23)20(18)24)16-11-9-15(10-12-16)8-7-14-5-3-2-4-6-14/h2-13,21-22H,1H3/b8-7+. The lowest BCUT2D eigenvalue weighted by Gasteiger charge is -2.15. The number of nitrogens with one attached hydrogen (secondary N) is 1. The van der Waals surface area contributed by atoms with Crippen LogP contribution in [0.25, 0.3) is 23.3 Å². The maximum absolute atomic E-state index is 11.8. The highest BCUT2D eigenvalue weighted by molar-refractivity contribution is 5.82. The molecule has 4 heteroatoms. The summed E-state index contributed by atoms with van der Waals surface area (Å²) in [6.07, 6.45) is 3.10. The van der Waals surface area contributed by atoms with E-state index in [4.69, 9.17) is 0 Å². The van der Waals surface area contributed by atoms with Crippen molar-refractivity contribution in [1.82, 2.24) is 0 Å². The number of anilines is 1. The Morgan fingerprint density at radius 2 is 1.46 bits per heavy atom. The van der Waals surface area contributed by atoms with E-state index in [0.717, 1.165) is 11.1 Å². The predicted octanol–water partition coefficient (Wildman–Crippen LogP) is 2.87. The van der Waals surface area contributed by atoms with Crippen LogP contribution < -0.4 is 16.2 Å². The lowest BCUT2D eigenvalue weighted by Crippen LogP contribution is -2.38. The number of hydrogen-bond donors (Lipinski definition) is 2. The van der Waals surface area contributed by atoms with Gasteiger partial charge in [-0.25, -0.2) is 0 Å². The molecule has 0 aliphatic carbocycles. The van der Waals surface area contributed by atoms with Crippen LogP contribution in [0.4, 0.5) is 5.69 Å². The van der Waals surface area contributed by atoms with Gasteiger partial charge in [0.2, 0.25) is 10.9 Å². The Bertz CT molecular complexity index is 931. The van der Waals surface area contributed by atoms with Crippen LogP contribution in [0.3, 0.4) is 0 Å². The summed E-state index contributed by atoms with van der Waals surface area (Å²) in [5.41, 5.74) is 2.17. The number of rotatable bonds is 5. The normalized spacial score (nSPS) is 12.6. The molecule has 2 N–H and O–H groups in total. The van der Waals surface area contributed by atoms with Gasteiger partial charge in [-0.3, -0.25) is 9.59 Å². The minimum absolute atomic E-state index is 0.183. The highest BCUT2D eigenvalue weighted by atomic mass is 16.3. The lowest BCUT2D eigenvalue weighted by molar-refractivity contribution is 0.224. The third-order valence-corrected chi connectivity index (χ3v) is 3.73. The highest BCUT2D eigenvalue weighted by Gasteiger charge is 2.22. The molecule has 0 aliphatic heterocycles. The van der Waals surface area contributed by atoms with Crippen molar-refractivity contribution in [1.29, 1.82) is 0 Å². The molecule has 1 atom stereocenters. The van der Waals surface area contributed by atoms with Crippen LogP contribution in [0.1, 0.15) is 18.1 Å². The molecular formula is C20H17NO3. The van der Waals surface area contributed by atoms with Gasteiger partial charge in [-0.1, -0.05) is 66.7 Å². The molecule has 0 saturated carbocycles. The molecule has 3 aromatic rings. The molecule has 120 valence electrons. The minimum atomic E-state index is -0.889. The second-order valence-electron chi connectivity index (χ2n) is 5.59. The SMILES string of the molecule is CC(O)Nc1c(-c2ccc(/C=C/c3ccccc3)cc2)c(=O)c1=O. The summed E-state index contributed by atoms with van der Waals surface area (Å²) < 4.78 is 0. The molecule has 0 radical (unpaired) electrons. The topological polar surface area (TPSA) is 66.4 Å². The van der Waals surface area contributed by atoms with E-state index in [1.165, 1.54) is 6.92 Å². The molecule has 0 bridgehead atoms. The molecule has 3 rings (SSSR count). The van der Waals surface area contributed by atoms with Crippen LogP contribution in [0, 0.1) is 0 Å². The van der Waals surface area contributed by atoms with Crippen LogP contribution in [0.2, 0.25) is 0 Å². The van der Waals surface area contributed by atoms with E-state index < -0.39 is 17.1 Å². The zero-order valence-corrected chi connectivity index (χ0v) is 13.2. The van der Waals surface area contributed by atoms with E-state index in [9.17, 15) is 14.7 Å². The Balaban J connectivity index is 1.83. The van der Waals surface area contributed by atoms with Crippen molar-refractivity contribution in [3.63, 3.8) is 0 Å². The van der Waals surface area contributed by atoms with Gasteiger partial charge in [0.25, 0.3) is 0 Å². The van der Waals surface area contributed by atoms with E-state index in [-0.39, 0.29) is 5.69 Å². The van der Waals surface area contributed by atoms with Crippen molar-refractivity contribution >= 4 is 17.8 Å². The molecular weight excluding hydrogens is 302 g/mol. The van der Waals surface area contributed by atoms with Gasteiger partial charge in [-0.05, 0) is 23.6 Å². The Morgan fingerprint density at radius 1 is 0.875 bits per heavy atom. The monoisotopic (exact) mass is 319 g/mol. The smallest absolute Gasteiger partial charge is 0.250 e. The van der Waals surface area contributed by atoms with E-state index in [1.807, 2.05) is 54.6 Å². The number of benzene rings is 2. The van der Waals surface area contributed by atoms with E-state index in [2.05, 4.69) is 5.32 Å². The molecule has 4 nitrogen and oxygen atoms in total. The molecule has 0 aromatic heterocycles. The Hall–Kier alpha value is -2.98. The first-order chi connectivity index (χ1) is 11.6. The van der Waals surface area contributed by atoms with Crippen molar-refractivity contribution in [3.8, 4) is 11.1 Å². The average molecular weight is 319 g/mol. The first kappa shape index (κ1) is 15.9. The minimum Gasteiger partial charge on any atom is -0.374 e. The Labute approximate surface area is 139 Å². The molecule has 0 amide bonds. The van der Waals surface area contributed by atoms with Crippen molar-refractivity contribution in [3.05, 3.63) is 86.2 Å². The maximum Gasteiger partial charge on any atom is 0.250 e. The zero-order chi connectivity index (χ0) is 17.1. The van der Waals surface area contributed by atoms with Gasteiger partial charge in [-0.2, -0.15) is 0 Å². The van der Waals surface area contributed by atoms with Crippen molar-refractivity contribution in [2.24, 2.45) is 0 Å². The molecule has 3 aromatic carbocycles. The maximum atomic E-state index is 11.8. The largest absolute Gasteiger partial charge is 0.374 e. The molecule has 0 aliphatic rings. The van der Waals surface area contributed by atoms with Crippen molar-refractivity contribution in [2.45, 2.75) is 13.2 Å². The quantitative estimate of drug-likeness (QED) is 0.431. The first-order valence-electron chi connectivity index (χ1n) is 7.68. The third kappa shape index (κ3) is 3.19. The van der Waals surface area contributed by atoms with Crippen molar-refractivity contribution in [2.75, 3.05) is 5.32 Å². The molecule has 0 heterocycles. The fourth-order valence-corrected chi connectivity index (χ4v) is 2.53. The van der Waals surface area contributed by atoms with Gasteiger partial charge in [0.1, 0.15) is 11.9 Å². The summed E-state index contributed by atoms with van der Waals surface area (Å²) in [5, 5.41) is 12.0. The summed E-state index contributed by atoms with van der Waals surface area (Å²) in [5.74, 6) is 0. The van der Waals surface area contributed by atoms with Crippen LogP contribution in [-0.4, -0.2) is 11.3 Å². The third-order valence-electron chi connectivity index (χ3n) is 3.73. The molecule has 0 saturated heterocycles. The summed E-state index contributed by atoms with van der Waals surface area (Å²) in [6, 6.07) is 17.3. The number of aliphatic hydroxyl groups is 1. The second kappa shape index (κ2) is 6.64. The van der Waals surface area contributed by atoms with Crippen molar-refractivity contribution < 1.29 is 5.11 Å². The van der Waals surface area contributed by atoms with Crippen LogP contribution in [-0.2, 0) is 0 Å². The number of aliphatic hydroxyl groups excluding tert-OH is 1. The van der Waals surface area contributed by atoms with E-state index in [0.29, 0.717) is 11.1 Å². The molecule has 0 spiro atoms. The fourth-order valence-electron chi connectivity index (χ4n) is 2.53. The van der Waals surface area contributed by atoms with E-state index in [1.54, 1.807) is 12.1 Å². The molecule has 1 unspecified atom stereocenters. The van der Waals surface area contributed by atoms with Crippen LogP contribution in [0.15, 0.2) is 64.2 Å². The summed E-state index contributed by atoms with van der Waals surface area (Å²) in [6.45, 7) is 1.50. The summed E-state index contributed by atoms with van der Waals surface area (Å²) in [4.78, 5) is 23.4. The van der Waals surface area contributed by atoms with Gasteiger partial charge in [0.05, 0.1) is 5.56 Å². The zero-order valence-electron chi connectivity index (χ0n) is 13.2. The average Bonchev–Trinajstić information content (AvgIpc) is 2.61. The predicted molar refractivity (Wildman–Crippen MR) is 97.5 cm³/mol. The first-order valence-corrected chi connectivity index (χ1v) is 7.68. The lowest BCUT2D eigenvalue weighted by atomic mass is 9.97. The highest BCUT2D eigenvalue weighted by Crippen LogP contribution is 2.24. The van der Waals surface area contributed by atoms with Crippen LogP contribution in [0.5, 0.6) is 0 Å². The Morgan fingerprint density at radius 3 is 2.04 bits per heavy atom. The second-order valence-corrected chi connectivity index (χ2v) is 5.59. The van der Waals surface area contributed by atoms with Gasteiger partial charge in [0.15, 0.2) is 0 Å².